The molecule has 0 aliphatic carbocycles. The van der Waals surface area contributed by atoms with Gasteiger partial charge in [0.15, 0.2) is 0 Å². The van der Waals surface area contributed by atoms with Crippen LogP contribution >= 0.6 is 0 Å². The van der Waals surface area contributed by atoms with Crippen molar-refractivity contribution in [3.63, 3.8) is 0 Å². The Hall–Kier alpha value is -1.52. The van der Waals surface area contributed by atoms with E-state index in [1.54, 1.807) is 7.05 Å². The van der Waals surface area contributed by atoms with Crippen molar-refractivity contribution in [3.05, 3.63) is 29.8 Å². The summed E-state index contributed by atoms with van der Waals surface area (Å²) in [6, 6.07) is 5.80. The molecular weight excluding hydrogens is 358 g/mol. The molecule has 0 fully saturated rings. The lowest BCUT2D eigenvalue weighted by atomic mass is 10.2. The third-order valence-electron chi connectivity index (χ3n) is 4.15. The molecule has 0 saturated heterocycles. The smallest absolute Gasteiger partial charge is 0.253 e. The Morgan fingerprint density at radius 3 is 2.04 bits per heavy atom. The van der Waals surface area contributed by atoms with E-state index in [-0.39, 0.29) is 43.1 Å². The Morgan fingerprint density at radius 2 is 1.62 bits per heavy atom. The molecule has 0 bridgehead atoms. The highest BCUT2D eigenvalue weighted by Gasteiger charge is 2.25. The van der Waals surface area contributed by atoms with Crippen LogP contribution in [0.15, 0.2) is 29.2 Å². The van der Waals surface area contributed by atoms with E-state index in [4.69, 9.17) is 15.2 Å². The van der Waals surface area contributed by atoms with Crippen LogP contribution in [0.2, 0.25) is 0 Å². The van der Waals surface area contributed by atoms with Gasteiger partial charge in [0, 0.05) is 52.5 Å². The molecule has 0 spiro atoms. The number of amides is 1. The van der Waals surface area contributed by atoms with Gasteiger partial charge in [-0.2, -0.15) is 4.31 Å². The van der Waals surface area contributed by atoms with E-state index in [1.807, 2.05) is 6.92 Å². The van der Waals surface area contributed by atoms with E-state index in [0.717, 1.165) is 0 Å². The van der Waals surface area contributed by atoms with Crippen molar-refractivity contribution < 1.29 is 22.7 Å². The first-order valence-corrected chi connectivity index (χ1v) is 9.78. The summed E-state index contributed by atoms with van der Waals surface area (Å²) in [6.07, 6.45) is 0. The van der Waals surface area contributed by atoms with Gasteiger partial charge in [-0.05, 0) is 31.2 Å². The molecule has 1 rings (SSSR count). The second-order valence-corrected chi connectivity index (χ2v) is 7.85. The molecule has 0 saturated carbocycles. The minimum Gasteiger partial charge on any atom is -0.383 e. The fourth-order valence-electron chi connectivity index (χ4n) is 2.22. The van der Waals surface area contributed by atoms with Crippen molar-refractivity contribution in [2.75, 3.05) is 54.1 Å². The summed E-state index contributed by atoms with van der Waals surface area (Å²) in [5, 5.41) is 0. The monoisotopic (exact) mass is 387 g/mol. The van der Waals surface area contributed by atoms with Gasteiger partial charge in [0.2, 0.25) is 10.0 Å². The number of nitrogens with zero attached hydrogens (tertiary/aromatic N) is 2. The number of carbonyl (C=O) groups excluding carboxylic acids is 1. The number of hydrogen-bond donors (Lipinski definition) is 1. The van der Waals surface area contributed by atoms with Crippen LogP contribution in [0.4, 0.5) is 0 Å². The highest BCUT2D eigenvalue weighted by atomic mass is 32.2. The van der Waals surface area contributed by atoms with Gasteiger partial charge >= 0.3 is 0 Å². The molecule has 9 heteroatoms. The van der Waals surface area contributed by atoms with Gasteiger partial charge in [0.1, 0.15) is 0 Å². The van der Waals surface area contributed by atoms with Crippen molar-refractivity contribution in [2.24, 2.45) is 5.73 Å². The number of benzene rings is 1. The van der Waals surface area contributed by atoms with Crippen LogP contribution in [0.25, 0.3) is 0 Å². The zero-order valence-corrected chi connectivity index (χ0v) is 16.7. The van der Waals surface area contributed by atoms with Gasteiger partial charge in [-0.3, -0.25) is 4.79 Å². The summed E-state index contributed by atoms with van der Waals surface area (Å²) < 4.78 is 36.9. The molecule has 0 radical (unpaired) electrons. The summed E-state index contributed by atoms with van der Waals surface area (Å²) in [6.45, 7) is 3.20. The topological polar surface area (TPSA) is 102 Å². The average Bonchev–Trinajstić information content (AvgIpc) is 2.66. The Kier molecular flexibility index (Phi) is 9.17. The van der Waals surface area contributed by atoms with Crippen LogP contribution in [0.1, 0.15) is 17.3 Å². The van der Waals surface area contributed by atoms with Gasteiger partial charge in [-0.25, -0.2) is 8.42 Å². The minimum atomic E-state index is -3.70. The highest BCUT2D eigenvalue weighted by Crippen LogP contribution is 2.17. The Bertz CT molecular complexity index is 655. The van der Waals surface area contributed by atoms with Crippen LogP contribution in [-0.2, 0) is 19.5 Å². The summed E-state index contributed by atoms with van der Waals surface area (Å²) in [4.78, 5) is 14.1. The molecule has 8 nitrogen and oxygen atoms in total. The Balaban J connectivity index is 3.01. The van der Waals surface area contributed by atoms with Gasteiger partial charge in [-0.1, -0.05) is 0 Å². The van der Waals surface area contributed by atoms with Gasteiger partial charge < -0.3 is 20.1 Å². The third kappa shape index (κ3) is 5.75. The fourth-order valence-corrected chi connectivity index (χ4v) is 3.63. The number of hydrogen-bond acceptors (Lipinski definition) is 6. The first kappa shape index (κ1) is 22.5. The normalized spacial score (nSPS) is 13.0. The van der Waals surface area contributed by atoms with E-state index in [9.17, 15) is 13.2 Å². The van der Waals surface area contributed by atoms with E-state index in [0.29, 0.717) is 12.1 Å². The lowest BCUT2D eigenvalue weighted by molar-refractivity contribution is 0.0748. The number of carbonyl (C=O) groups is 1. The van der Waals surface area contributed by atoms with E-state index in [2.05, 4.69) is 0 Å². The number of nitrogens with two attached hydrogens (primary N) is 1. The number of sulfonamides is 1. The molecule has 0 aromatic heterocycles. The summed E-state index contributed by atoms with van der Waals surface area (Å²) in [7, 11) is 0.996. The third-order valence-corrected chi connectivity index (χ3v) is 6.06. The van der Waals surface area contributed by atoms with Crippen molar-refractivity contribution in [1.82, 2.24) is 9.21 Å². The van der Waals surface area contributed by atoms with Crippen molar-refractivity contribution in [3.8, 4) is 0 Å². The quantitative estimate of drug-likeness (QED) is 0.589. The number of ether oxygens (including phenoxy) is 2. The Morgan fingerprint density at radius 1 is 1.12 bits per heavy atom. The van der Waals surface area contributed by atoms with E-state index >= 15 is 0 Å². The lowest BCUT2D eigenvalue weighted by Crippen LogP contribution is -2.39. The number of methoxy groups -OCH3 is 2. The summed E-state index contributed by atoms with van der Waals surface area (Å²) in [5.41, 5.74) is 5.99. The fraction of sp³-hybridized carbons (Fsp3) is 0.588. The minimum absolute atomic E-state index is 0.107. The molecule has 2 N–H and O–H groups in total. The van der Waals surface area contributed by atoms with Crippen molar-refractivity contribution >= 4 is 15.9 Å². The van der Waals surface area contributed by atoms with Crippen LogP contribution in [-0.4, -0.2) is 83.7 Å². The maximum Gasteiger partial charge on any atom is 0.253 e. The molecule has 1 aromatic carbocycles. The van der Waals surface area contributed by atoms with Crippen molar-refractivity contribution in [2.45, 2.75) is 17.9 Å². The SMILES string of the molecule is COCCN(CCOC)S(=O)(=O)c1ccc(C(=O)N(C)C(C)CN)cc1. The zero-order chi connectivity index (χ0) is 19.7. The first-order valence-electron chi connectivity index (χ1n) is 8.34. The summed E-state index contributed by atoms with van der Waals surface area (Å²) in [5.74, 6) is -0.206. The molecule has 26 heavy (non-hydrogen) atoms. The standard InChI is InChI=1S/C17H29N3O5S/c1-14(13-18)19(2)17(21)15-5-7-16(8-6-15)26(22,23)20(9-11-24-3)10-12-25-4/h5-8,14H,9-13,18H2,1-4H3. The van der Waals surface area contributed by atoms with Crippen LogP contribution < -0.4 is 5.73 Å². The Labute approximate surface area is 155 Å². The molecule has 1 aromatic rings. The zero-order valence-electron chi connectivity index (χ0n) is 15.8. The predicted octanol–water partition coefficient (Wildman–Crippen LogP) is 0.389. The van der Waals surface area contributed by atoms with Gasteiger partial charge in [0.25, 0.3) is 5.91 Å². The molecular formula is C17H29N3O5S. The molecule has 1 unspecified atom stereocenters. The molecule has 0 heterocycles. The van der Waals surface area contributed by atoms with Gasteiger partial charge in [-0.15, -0.1) is 0 Å². The second-order valence-electron chi connectivity index (χ2n) is 5.91. The van der Waals surface area contributed by atoms with Crippen LogP contribution in [0.5, 0.6) is 0 Å². The van der Waals surface area contributed by atoms with E-state index in [1.165, 1.54) is 47.7 Å². The van der Waals surface area contributed by atoms with Crippen molar-refractivity contribution in [1.29, 1.82) is 0 Å². The average molecular weight is 388 g/mol. The first-order chi connectivity index (χ1) is 12.3. The number of likely N-dealkylation sites (N-methyl/N-ethyl adjacent to an activating group) is 1. The van der Waals surface area contributed by atoms with Crippen LogP contribution in [0.3, 0.4) is 0 Å². The maximum absolute atomic E-state index is 12.8. The molecule has 148 valence electrons. The molecule has 0 aliphatic rings. The molecule has 1 amide bonds. The molecule has 0 aliphatic heterocycles. The molecule has 1 atom stereocenters. The largest absolute Gasteiger partial charge is 0.383 e. The van der Waals surface area contributed by atoms with Crippen LogP contribution in [0, 0.1) is 0 Å². The maximum atomic E-state index is 12.8. The lowest BCUT2D eigenvalue weighted by Gasteiger charge is -2.24. The summed E-state index contributed by atoms with van der Waals surface area (Å²) >= 11 is 0. The predicted molar refractivity (Wildman–Crippen MR) is 99.6 cm³/mol. The van der Waals surface area contributed by atoms with Gasteiger partial charge in [0.05, 0.1) is 18.1 Å². The second kappa shape index (κ2) is 10.6. The number of rotatable bonds is 11. The van der Waals surface area contributed by atoms with E-state index < -0.39 is 10.0 Å². The highest BCUT2D eigenvalue weighted by molar-refractivity contribution is 7.89.